The van der Waals surface area contributed by atoms with Crippen molar-refractivity contribution >= 4 is 23.8 Å². The van der Waals surface area contributed by atoms with Crippen LogP contribution in [0.5, 0.6) is 0 Å². The molecule has 1 fully saturated rings. The molecule has 1 heterocycles. The Morgan fingerprint density at radius 2 is 1.60 bits per heavy atom. The number of carbonyl (C=O) groups excluding carboxylic acids is 4. The second kappa shape index (κ2) is 7.84. The maximum Gasteiger partial charge on any atom is 0.408 e. The van der Waals surface area contributed by atoms with Crippen molar-refractivity contribution < 1.29 is 28.7 Å². The molecule has 2 unspecified atom stereocenters. The van der Waals surface area contributed by atoms with Gasteiger partial charge in [-0.2, -0.15) is 0 Å². The average molecular weight is 356 g/mol. The van der Waals surface area contributed by atoms with Gasteiger partial charge in [-0.1, -0.05) is 0 Å². The Morgan fingerprint density at radius 3 is 2.12 bits per heavy atom. The highest BCUT2D eigenvalue weighted by atomic mass is 16.6. The largest absolute Gasteiger partial charge is 0.458 e. The van der Waals surface area contributed by atoms with Crippen molar-refractivity contribution in [2.45, 2.75) is 84.1 Å². The van der Waals surface area contributed by atoms with Crippen LogP contribution >= 0.6 is 0 Å². The molecule has 0 spiro atoms. The van der Waals surface area contributed by atoms with Crippen LogP contribution in [-0.4, -0.2) is 47.0 Å². The average Bonchev–Trinajstić information content (AvgIpc) is 2.37. The summed E-state index contributed by atoms with van der Waals surface area (Å²) in [7, 11) is 0. The molecule has 0 saturated carbocycles. The van der Waals surface area contributed by atoms with E-state index in [0.29, 0.717) is 6.42 Å². The minimum Gasteiger partial charge on any atom is -0.458 e. The van der Waals surface area contributed by atoms with Gasteiger partial charge < -0.3 is 20.1 Å². The lowest BCUT2D eigenvalue weighted by molar-refractivity contribution is -0.161. The van der Waals surface area contributed by atoms with E-state index < -0.39 is 47.0 Å². The molecule has 0 radical (unpaired) electrons. The van der Waals surface area contributed by atoms with Crippen molar-refractivity contribution in [3.05, 3.63) is 0 Å². The Morgan fingerprint density at radius 1 is 1.04 bits per heavy atom. The normalized spacial score (nSPS) is 22.3. The highest BCUT2D eigenvalue weighted by Gasteiger charge is 2.36. The third-order valence-corrected chi connectivity index (χ3v) is 3.17. The summed E-state index contributed by atoms with van der Waals surface area (Å²) in [6, 6.07) is -2.25. The van der Waals surface area contributed by atoms with Crippen molar-refractivity contribution in [3.63, 3.8) is 0 Å². The second-order valence-corrected chi connectivity index (χ2v) is 8.03. The Hall–Kier alpha value is -2.12. The summed E-state index contributed by atoms with van der Waals surface area (Å²) in [5, 5.41) is 4.85. The van der Waals surface area contributed by atoms with E-state index in [2.05, 4.69) is 10.6 Å². The standard InChI is InChI=1S/C17H28N2O6/c1-16(2,3)24-14(22)12-11(20)9-7-8-10(13(21)19-12)18-15(23)25-17(4,5)6/h10,12H,7-9H2,1-6H3,(H,18,23)(H,19,21). The van der Waals surface area contributed by atoms with E-state index in [0.717, 1.165) is 0 Å². The molecule has 0 aromatic carbocycles. The van der Waals surface area contributed by atoms with Crippen molar-refractivity contribution in [2.75, 3.05) is 0 Å². The van der Waals surface area contributed by atoms with Gasteiger partial charge in [0.25, 0.3) is 0 Å². The quantitative estimate of drug-likeness (QED) is 0.572. The summed E-state index contributed by atoms with van der Waals surface area (Å²) < 4.78 is 10.3. The van der Waals surface area contributed by atoms with Crippen LogP contribution in [0.4, 0.5) is 4.79 Å². The van der Waals surface area contributed by atoms with Crippen LogP contribution in [0.2, 0.25) is 0 Å². The number of carbonyl (C=O) groups is 4. The number of alkyl carbamates (subject to hydrolysis) is 1. The lowest BCUT2D eigenvalue weighted by Crippen LogP contribution is -2.56. The maximum atomic E-state index is 12.4. The number of hydrogen-bond acceptors (Lipinski definition) is 6. The third-order valence-electron chi connectivity index (χ3n) is 3.17. The van der Waals surface area contributed by atoms with Gasteiger partial charge in [0.1, 0.15) is 17.2 Å². The van der Waals surface area contributed by atoms with Crippen LogP contribution in [0.15, 0.2) is 0 Å². The number of nitrogens with one attached hydrogen (secondary N) is 2. The summed E-state index contributed by atoms with van der Waals surface area (Å²) in [5.41, 5.74) is -1.48. The van der Waals surface area contributed by atoms with E-state index in [1.54, 1.807) is 41.5 Å². The van der Waals surface area contributed by atoms with Gasteiger partial charge in [-0.3, -0.25) is 9.59 Å². The molecule has 8 nitrogen and oxygen atoms in total. The minimum absolute atomic E-state index is 0.108. The van der Waals surface area contributed by atoms with Crippen LogP contribution in [-0.2, 0) is 23.9 Å². The molecular formula is C17H28N2O6. The SMILES string of the molecule is CC(C)(C)OC(=O)NC1CCCC(=O)C(C(=O)OC(C)(C)C)NC1=O. The summed E-state index contributed by atoms with van der Waals surface area (Å²) in [4.78, 5) is 48.5. The third kappa shape index (κ3) is 7.53. The molecule has 2 atom stereocenters. The zero-order valence-corrected chi connectivity index (χ0v) is 15.7. The molecule has 0 aliphatic carbocycles. The van der Waals surface area contributed by atoms with E-state index in [4.69, 9.17) is 9.47 Å². The molecule has 1 rings (SSSR count). The van der Waals surface area contributed by atoms with E-state index in [-0.39, 0.29) is 12.8 Å². The van der Waals surface area contributed by atoms with Crippen LogP contribution in [0.25, 0.3) is 0 Å². The highest BCUT2D eigenvalue weighted by molar-refractivity contribution is 6.06. The molecule has 25 heavy (non-hydrogen) atoms. The Labute approximate surface area is 148 Å². The second-order valence-electron chi connectivity index (χ2n) is 8.03. The fourth-order valence-electron chi connectivity index (χ4n) is 2.22. The molecule has 2 amide bonds. The van der Waals surface area contributed by atoms with Crippen LogP contribution < -0.4 is 10.6 Å². The first kappa shape index (κ1) is 20.9. The van der Waals surface area contributed by atoms with Gasteiger partial charge in [-0.25, -0.2) is 9.59 Å². The fourth-order valence-corrected chi connectivity index (χ4v) is 2.22. The molecule has 8 heteroatoms. The van der Waals surface area contributed by atoms with Gasteiger partial charge in [-0.15, -0.1) is 0 Å². The van der Waals surface area contributed by atoms with Gasteiger partial charge in [-0.05, 0) is 54.4 Å². The predicted molar refractivity (Wildman–Crippen MR) is 89.8 cm³/mol. The van der Waals surface area contributed by atoms with Crippen molar-refractivity contribution in [1.29, 1.82) is 0 Å². The number of ketones is 1. The first-order chi connectivity index (χ1) is 11.3. The number of rotatable bonds is 2. The highest BCUT2D eigenvalue weighted by Crippen LogP contribution is 2.14. The predicted octanol–water partition coefficient (Wildman–Crippen LogP) is 1.46. The van der Waals surface area contributed by atoms with Crippen LogP contribution in [0.1, 0.15) is 60.8 Å². The first-order valence-electron chi connectivity index (χ1n) is 8.34. The first-order valence-corrected chi connectivity index (χ1v) is 8.34. The lowest BCUT2D eigenvalue weighted by atomic mass is 9.99. The van der Waals surface area contributed by atoms with Crippen LogP contribution in [0, 0.1) is 0 Å². The summed E-state index contributed by atoms with van der Waals surface area (Å²) >= 11 is 0. The molecular weight excluding hydrogens is 328 g/mol. The molecule has 0 aromatic rings. The molecule has 1 saturated heterocycles. The molecule has 0 bridgehead atoms. The molecule has 0 aromatic heterocycles. The zero-order valence-electron chi connectivity index (χ0n) is 15.7. The Bertz CT molecular complexity index is 544. The molecule has 1 aliphatic heterocycles. The van der Waals surface area contributed by atoms with Gasteiger partial charge in [0.15, 0.2) is 11.8 Å². The number of ether oxygens (including phenoxy) is 2. The smallest absolute Gasteiger partial charge is 0.408 e. The van der Waals surface area contributed by atoms with Gasteiger partial charge in [0.05, 0.1) is 0 Å². The monoisotopic (exact) mass is 356 g/mol. The molecule has 1 aliphatic rings. The van der Waals surface area contributed by atoms with E-state index in [1.165, 1.54) is 0 Å². The lowest BCUT2D eigenvalue weighted by Gasteiger charge is -2.28. The minimum atomic E-state index is -1.37. The van der Waals surface area contributed by atoms with Crippen molar-refractivity contribution in [1.82, 2.24) is 10.6 Å². The Kier molecular flexibility index (Phi) is 6.56. The zero-order chi connectivity index (χ0) is 19.4. The Balaban J connectivity index is 2.80. The topological polar surface area (TPSA) is 111 Å². The van der Waals surface area contributed by atoms with Gasteiger partial charge in [0.2, 0.25) is 5.91 Å². The number of amides is 2. The van der Waals surface area contributed by atoms with E-state index in [9.17, 15) is 19.2 Å². The molecule has 2 N–H and O–H groups in total. The van der Waals surface area contributed by atoms with Gasteiger partial charge >= 0.3 is 12.1 Å². The van der Waals surface area contributed by atoms with Crippen LogP contribution in [0.3, 0.4) is 0 Å². The van der Waals surface area contributed by atoms with Crippen molar-refractivity contribution in [2.24, 2.45) is 0 Å². The van der Waals surface area contributed by atoms with E-state index >= 15 is 0 Å². The summed E-state index contributed by atoms with van der Waals surface area (Å²) in [6.45, 7) is 10.2. The number of esters is 1. The molecule has 142 valence electrons. The van der Waals surface area contributed by atoms with Gasteiger partial charge in [0, 0.05) is 6.42 Å². The maximum absolute atomic E-state index is 12.4. The number of hydrogen-bond donors (Lipinski definition) is 2. The summed E-state index contributed by atoms with van der Waals surface area (Å²) in [5.74, 6) is -1.82. The van der Waals surface area contributed by atoms with Crippen molar-refractivity contribution in [3.8, 4) is 0 Å². The summed E-state index contributed by atoms with van der Waals surface area (Å²) in [6.07, 6.45) is 0.0222. The van der Waals surface area contributed by atoms with E-state index in [1.807, 2.05) is 0 Å². The number of Topliss-reactive ketones (excluding diaryl/α,β-unsaturated/α-hetero) is 1. The fraction of sp³-hybridized carbons (Fsp3) is 0.765.